The Kier molecular flexibility index (Phi) is 3.18. The van der Waals surface area contributed by atoms with Crippen LogP contribution in [0.2, 0.25) is 10.0 Å². The molecule has 0 saturated heterocycles. The highest BCUT2D eigenvalue weighted by molar-refractivity contribution is 6.39. The first-order valence-corrected chi connectivity index (χ1v) is 7.75. The Morgan fingerprint density at radius 1 is 1.13 bits per heavy atom. The fourth-order valence-corrected chi connectivity index (χ4v) is 3.25. The number of fused-ring (bicyclic) bond motifs is 2. The zero-order valence-electron chi connectivity index (χ0n) is 12.1. The third-order valence-corrected chi connectivity index (χ3v) is 4.55. The zero-order valence-corrected chi connectivity index (χ0v) is 13.6. The van der Waals surface area contributed by atoms with Crippen LogP contribution in [0, 0.1) is 0 Å². The first-order valence-electron chi connectivity index (χ1n) is 6.99. The van der Waals surface area contributed by atoms with Crippen LogP contribution in [-0.2, 0) is 7.05 Å². The van der Waals surface area contributed by atoms with Crippen LogP contribution >= 0.6 is 23.2 Å². The Morgan fingerprint density at radius 3 is 2.70 bits per heavy atom. The first kappa shape index (κ1) is 14.3. The van der Waals surface area contributed by atoms with E-state index >= 15 is 0 Å². The largest absolute Gasteiger partial charge is 0.338 e. The van der Waals surface area contributed by atoms with Gasteiger partial charge in [0.05, 0.1) is 21.6 Å². The number of aromatic nitrogens is 3. The molecule has 0 bridgehead atoms. The quantitative estimate of drug-likeness (QED) is 0.557. The molecule has 0 fully saturated rings. The summed E-state index contributed by atoms with van der Waals surface area (Å²) in [5.41, 5.74) is 2.51. The number of halogens is 2. The van der Waals surface area contributed by atoms with Crippen molar-refractivity contribution < 1.29 is 0 Å². The van der Waals surface area contributed by atoms with Crippen molar-refractivity contribution in [2.24, 2.45) is 7.05 Å². The van der Waals surface area contributed by atoms with Crippen molar-refractivity contribution in [2.45, 2.75) is 0 Å². The summed E-state index contributed by atoms with van der Waals surface area (Å²) in [7, 11) is 1.71. The van der Waals surface area contributed by atoms with Gasteiger partial charge in [0, 0.05) is 17.5 Å². The molecule has 1 N–H and O–H groups in total. The van der Waals surface area contributed by atoms with E-state index in [-0.39, 0.29) is 5.56 Å². The van der Waals surface area contributed by atoms with Crippen LogP contribution in [0.25, 0.3) is 33.3 Å². The van der Waals surface area contributed by atoms with Crippen LogP contribution in [0.5, 0.6) is 0 Å². The third-order valence-electron chi connectivity index (χ3n) is 3.92. The number of rotatable bonds is 1. The highest BCUT2D eigenvalue weighted by Crippen LogP contribution is 2.32. The van der Waals surface area contributed by atoms with Gasteiger partial charge in [-0.2, -0.15) is 0 Å². The van der Waals surface area contributed by atoms with Crippen molar-refractivity contribution >= 4 is 45.1 Å². The minimum Gasteiger partial charge on any atom is -0.338 e. The smallest absolute Gasteiger partial charge is 0.263 e. The molecular formula is C17H11Cl2N3O. The Bertz CT molecular complexity index is 1100. The van der Waals surface area contributed by atoms with Gasteiger partial charge in [-0.05, 0) is 30.3 Å². The SMILES string of the molecule is Cn1c(=O)c(-c2nc3ccccc3[nH]2)c(Cl)c2cc(Cl)ccc21. The van der Waals surface area contributed by atoms with Crippen molar-refractivity contribution in [3.05, 3.63) is 62.9 Å². The van der Waals surface area contributed by atoms with Gasteiger partial charge in [0.2, 0.25) is 0 Å². The summed E-state index contributed by atoms with van der Waals surface area (Å²) in [5, 5.41) is 1.63. The molecule has 0 aliphatic heterocycles. The summed E-state index contributed by atoms with van der Waals surface area (Å²) in [6.07, 6.45) is 0. The number of para-hydroxylation sites is 2. The fourth-order valence-electron chi connectivity index (χ4n) is 2.76. The van der Waals surface area contributed by atoms with Crippen molar-refractivity contribution in [1.82, 2.24) is 14.5 Å². The molecule has 4 rings (SSSR count). The van der Waals surface area contributed by atoms with Crippen LogP contribution < -0.4 is 5.56 Å². The lowest BCUT2D eigenvalue weighted by Crippen LogP contribution is -2.20. The zero-order chi connectivity index (χ0) is 16.1. The molecule has 2 aromatic carbocycles. The molecule has 0 radical (unpaired) electrons. The number of aryl methyl sites for hydroxylation is 1. The first-order chi connectivity index (χ1) is 11.1. The van der Waals surface area contributed by atoms with E-state index < -0.39 is 0 Å². The van der Waals surface area contributed by atoms with Crippen LogP contribution in [0.15, 0.2) is 47.3 Å². The molecule has 4 aromatic rings. The number of benzene rings is 2. The van der Waals surface area contributed by atoms with Gasteiger partial charge >= 0.3 is 0 Å². The number of hydrogen-bond donors (Lipinski definition) is 1. The van der Waals surface area contributed by atoms with Gasteiger partial charge < -0.3 is 9.55 Å². The topological polar surface area (TPSA) is 50.7 Å². The lowest BCUT2D eigenvalue weighted by Gasteiger charge is -2.10. The Labute approximate surface area is 141 Å². The maximum Gasteiger partial charge on any atom is 0.263 e. The van der Waals surface area contributed by atoms with E-state index in [1.165, 1.54) is 0 Å². The van der Waals surface area contributed by atoms with E-state index in [0.29, 0.717) is 21.4 Å². The molecule has 0 saturated carbocycles. The highest BCUT2D eigenvalue weighted by Gasteiger charge is 2.18. The average molecular weight is 344 g/mol. The standard InChI is InChI=1S/C17H11Cl2N3O/c1-22-13-7-6-9(18)8-10(13)15(19)14(17(22)23)16-20-11-4-2-3-5-12(11)21-16/h2-8H,1H3,(H,20,21). The lowest BCUT2D eigenvalue weighted by atomic mass is 10.1. The van der Waals surface area contributed by atoms with Gasteiger partial charge in [-0.15, -0.1) is 0 Å². The minimum absolute atomic E-state index is 0.205. The van der Waals surface area contributed by atoms with Crippen LogP contribution in [-0.4, -0.2) is 14.5 Å². The summed E-state index contributed by atoms with van der Waals surface area (Å²) in [4.78, 5) is 20.4. The predicted molar refractivity (Wildman–Crippen MR) is 94.3 cm³/mol. The summed E-state index contributed by atoms with van der Waals surface area (Å²) >= 11 is 12.6. The number of nitrogens with zero attached hydrogens (tertiary/aromatic N) is 2. The molecule has 2 aromatic heterocycles. The molecule has 0 spiro atoms. The van der Waals surface area contributed by atoms with Gasteiger partial charge in [0.15, 0.2) is 0 Å². The normalized spacial score (nSPS) is 11.4. The number of pyridine rings is 1. The lowest BCUT2D eigenvalue weighted by molar-refractivity contribution is 0.906. The van der Waals surface area contributed by atoms with E-state index in [1.54, 1.807) is 29.8 Å². The van der Waals surface area contributed by atoms with E-state index in [4.69, 9.17) is 23.2 Å². The van der Waals surface area contributed by atoms with Gasteiger partial charge in [-0.25, -0.2) is 4.98 Å². The predicted octanol–water partition coefficient (Wildman–Crippen LogP) is 4.39. The van der Waals surface area contributed by atoms with E-state index in [1.807, 2.05) is 24.3 Å². The molecule has 114 valence electrons. The van der Waals surface area contributed by atoms with Crippen LogP contribution in [0.3, 0.4) is 0 Å². The maximum atomic E-state index is 12.8. The molecule has 0 aliphatic carbocycles. The monoisotopic (exact) mass is 343 g/mol. The van der Waals surface area contributed by atoms with Crippen molar-refractivity contribution in [2.75, 3.05) is 0 Å². The number of nitrogens with one attached hydrogen (secondary N) is 1. The maximum absolute atomic E-state index is 12.8. The summed E-state index contributed by atoms with van der Waals surface area (Å²) < 4.78 is 1.56. The van der Waals surface area contributed by atoms with Crippen molar-refractivity contribution in [3.63, 3.8) is 0 Å². The molecule has 0 unspecified atom stereocenters. The number of aromatic amines is 1. The Hall–Kier alpha value is -2.30. The number of H-pyrrole nitrogens is 1. The second-order valence-corrected chi connectivity index (χ2v) is 6.13. The molecule has 23 heavy (non-hydrogen) atoms. The molecule has 0 aliphatic rings. The second kappa shape index (κ2) is 5.11. The summed E-state index contributed by atoms with van der Waals surface area (Å²) in [5.74, 6) is 0.457. The molecule has 4 nitrogen and oxygen atoms in total. The van der Waals surface area contributed by atoms with Gasteiger partial charge in [-0.1, -0.05) is 35.3 Å². The van der Waals surface area contributed by atoms with Crippen LogP contribution in [0.1, 0.15) is 0 Å². The van der Waals surface area contributed by atoms with Crippen molar-refractivity contribution in [1.29, 1.82) is 0 Å². The third kappa shape index (κ3) is 2.14. The Balaban J connectivity index is 2.12. The summed E-state index contributed by atoms with van der Waals surface area (Å²) in [6.45, 7) is 0. The van der Waals surface area contributed by atoms with Gasteiger partial charge in [0.25, 0.3) is 5.56 Å². The summed E-state index contributed by atoms with van der Waals surface area (Å²) in [6, 6.07) is 12.9. The molecule has 2 heterocycles. The minimum atomic E-state index is -0.205. The van der Waals surface area contributed by atoms with E-state index in [2.05, 4.69) is 9.97 Å². The highest BCUT2D eigenvalue weighted by atomic mass is 35.5. The van der Waals surface area contributed by atoms with Crippen molar-refractivity contribution in [3.8, 4) is 11.4 Å². The molecule has 0 amide bonds. The Morgan fingerprint density at radius 2 is 1.91 bits per heavy atom. The van der Waals surface area contributed by atoms with Crippen LogP contribution in [0.4, 0.5) is 0 Å². The van der Waals surface area contributed by atoms with Gasteiger partial charge in [-0.3, -0.25) is 4.79 Å². The molecule has 0 atom stereocenters. The number of hydrogen-bond acceptors (Lipinski definition) is 2. The molecule has 6 heteroatoms. The fraction of sp³-hybridized carbons (Fsp3) is 0.0588. The molecular weight excluding hydrogens is 333 g/mol. The van der Waals surface area contributed by atoms with Gasteiger partial charge in [0.1, 0.15) is 11.4 Å². The number of imidazole rings is 1. The average Bonchev–Trinajstić information content (AvgIpc) is 2.96. The van der Waals surface area contributed by atoms with E-state index in [9.17, 15) is 4.79 Å². The van der Waals surface area contributed by atoms with E-state index in [0.717, 1.165) is 21.9 Å². The second-order valence-electron chi connectivity index (χ2n) is 5.32.